The van der Waals surface area contributed by atoms with Gasteiger partial charge < -0.3 is 10.6 Å². The van der Waals surface area contributed by atoms with Gasteiger partial charge in [-0.05, 0) is 63.9 Å². The molecule has 1 aromatic heterocycles. The summed E-state index contributed by atoms with van der Waals surface area (Å²) in [6, 6.07) is 13.6. The summed E-state index contributed by atoms with van der Waals surface area (Å²) in [7, 11) is 0. The second-order valence-corrected chi connectivity index (χ2v) is 9.20. The van der Waals surface area contributed by atoms with Crippen LogP contribution in [0.4, 0.5) is 5.69 Å². The molecule has 6 heteroatoms. The topological polar surface area (TPSA) is 79.5 Å². The van der Waals surface area contributed by atoms with Crippen LogP contribution in [0.1, 0.15) is 44.9 Å². The van der Waals surface area contributed by atoms with Gasteiger partial charge in [-0.1, -0.05) is 30.3 Å². The number of fused-ring (bicyclic) bond motifs is 1. The van der Waals surface area contributed by atoms with Gasteiger partial charge in [0, 0.05) is 18.3 Å². The first kappa shape index (κ1) is 21.2. The summed E-state index contributed by atoms with van der Waals surface area (Å²) in [6.07, 6.45) is 5.26. The van der Waals surface area contributed by atoms with E-state index in [1.54, 1.807) is 6.20 Å². The Kier molecular flexibility index (Phi) is 5.43. The molecule has 2 N–H and O–H groups in total. The van der Waals surface area contributed by atoms with Gasteiger partial charge in [0.2, 0.25) is 11.8 Å². The van der Waals surface area contributed by atoms with E-state index in [0.29, 0.717) is 18.7 Å². The van der Waals surface area contributed by atoms with Crippen molar-refractivity contribution in [1.82, 2.24) is 9.88 Å². The number of hydrogen-bond acceptors (Lipinski definition) is 4. The zero-order valence-electron chi connectivity index (χ0n) is 18.5. The molecule has 2 amide bonds. The Morgan fingerprint density at radius 2 is 1.87 bits per heavy atom. The molecule has 2 aliphatic rings. The van der Waals surface area contributed by atoms with Crippen LogP contribution in [0.5, 0.6) is 0 Å². The van der Waals surface area contributed by atoms with E-state index < -0.39 is 11.0 Å². The average molecular weight is 419 g/mol. The predicted molar refractivity (Wildman–Crippen MR) is 122 cm³/mol. The van der Waals surface area contributed by atoms with Gasteiger partial charge in [0.25, 0.3) is 0 Å². The lowest BCUT2D eigenvalue weighted by Gasteiger charge is -2.44. The molecule has 4 rings (SSSR count). The molecule has 2 aromatic rings. The number of hydrogen-bond donors (Lipinski definition) is 1. The van der Waals surface area contributed by atoms with Crippen LogP contribution in [0.15, 0.2) is 54.7 Å². The first-order valence-electron chi connectivity index (χ1n) is 10.8. The molecular formula is C25H30N4O2. The molecule has 0 saturated carbocycles. The maximum atomic E-state index is 13.6. The van der Waals surface area contributed by atoms with Crippen molar-refractivity contribution in [2.24, 2.45) is 5.73 Å². The van der Waals surface area contributed by atoms with Gasteiger partial charge in [0.05, 0.1) is 23.5 Å². The molecule has 1 fully saturated rings. The quantitative estimate of drug-likeness (QED) is 0.827. The fourth-order valence-electron chi connectivity index (χ4n) is 5.16. The third kappa shape index (κ3) is 3.76. The van der Waals surface area contributed by atoms with Crippen LogP contribution in [0.3, 0.4) is 0 Å². The summed E-state index contributed by atoms with van der Waals surface area (Å²) in [5.41, 5.74) is 8.44. The zero-order valence-corrected chi connectivity index (χ0v) is 18.5. The minimum atomic E-state index is -0.869. The molecule has 0 spiro atoms. The molecule has 1 aromatic carbocycles. The minimum absolute atomic E-state index is 0.0162. The number of piperidine rings is 1. The standard InChI is InChI=1S/C25H30N4O2/c1-18-15-24(2,3)29(20-10-5-4-9-19(18)20)22(30)16-28-14-8-12-25(17-28,23(26)31)21-11-6-7-13-27-21/h4-7,9-11,13,15H,8,12,14,16-17H2,1-3H3,(H2,26,31). The summed E-state index contributed by atoms with van der Waals surface area (Å²) in [5, 5.41) is 0. The highest BCUT2D eigenvalue weighted by molar-refractivity contribution is 6.01. The second kappa shape index (κ2) is 7.93. The van der Waals surface area contributed by atoms with Crippen molar-refractivity contribution >= 4 is 23.1 Å². The number of para-hydroxylation sites is 1. The van der Waals surface area contributed by atoms with E-state index in [0.717, 1.165) is 24.2 Å². The number of carbonyl (C=O) groups is 2. The molecular weight excluding hydrogens is 388 g/mol. The lowest BCUT2D eigenvalue weighted by Crippen LogP contribution is -2.57. The smallest absolute Gasteiger partial charge is 0.241 e. The normalized spacial score (nSPS) is 23.1. The fraction of sp³-hybridized carbons (Fsp3) is 0.400. The third-order valence-corrected chi connectivity index (χ3v) is 6.52. The van der Waals surface area contributed by atoms with Gasteiger partial charge in [-0.3, -0.25) is 19.5 Å². The number of benzene rings is 1. The molecule has 3 heterocycles. The first-order valence-corrected chi connectivity index (χ1v) is 10.8. The number of amides is 2. The highest BCUT2D eigenvalue weighted by Gasteiger charge is 2.45. The third-order valence-electron chi connectivity index (χ3n) is 6.52. The Hall–Kier alpha value is -2.99. The second-order valence-electron chi connectivity index (χ2n) is 9.20. The van der Waals surface area contributed by atoms with Gasteiger partial charge in [0.1, 0.15) is 5.41 Å². The summed E-state index contributed by atoms with van der Waals surface area (Å²) < 4.78 is 0. The van der Waals surface area contributed by atoms with E-state index in [1.807, 2.05) is 41.3 Å². The SMILES string of the molecule is CC1=CC(C)(C)N(C(=O)CN2CCCC(C(N)=O)(c3ccccn3)C2)c2ccccc21. The number of rotatable bonds is 4. The Bertz CT molecular complexity index is 1030. The average Bonchev–Trinajstić information content (AvgIpc) is 2.73. The van der Waals surface area contributed by atoms with Crippen LogP contribution >= 0.6 is 0 Å². The number of aromatic nitrogens is 1. The number of anilines is 1. The predicted octanol–water partition coefficient (Wildman–Crippen LogP) is 3.13. The minimum Gasteiger partial charge on any atom is -0.369 e. The van der Waals surface area contributed by atoms with Crippen LogP contribution in [0, 0.1) is 0 Å². The van der Waals surface area contributed by atoms with E-state index in [2.05, 4.69) is 42.8 Å². The van der Waals surface area contributed by atoms with Crippen LogP contribution in [-0.4, -0.2) is 46.9 Å². The number of nitrogens with two attached hydrogens (primary N) is 1. The number of likely N-dealkylation sites (tertiary alicyclic amines) is 1. The molecule has 31 heavy (non-hydrogen) atoms. The molecule has 1 unspecified atom stereocenters. The van der Waals surface area contributed by atoms with E-state index in [-0.39, 0.29) is 18.4 Å². The van der Waals surface area contributed by atoms with Crippen molar-refractivity contribution in [3.8, 4) is 0 Å². The number of allylic oxidation sites excluding steroid dienone is 1. The van der Waals surface area contributed by atoms with Crippen LogP contribution in [0.25, 0.3) is 5.57 Å². The summed E-state index contributed by atoms with van der Waals surface area (Å²) >= 11 is 0. The van der Waals surface area contributed by atoms with Crippen LogP contribution in [-0.2, 0) is 15.0 Å². The van der Waals surface area contributed by atoms with Crippen molar-refractivity contribution in [3.05, 3.63) is 66.0 Å². The van der Waals surface area contributed by atoms with Gasteiger partial charge >= 0.3 is 0 Å². The van der Waals surface area contributed by atoms with Crippen LogP contribution in [0.2, 0.25) is 0 Å². The number of nitrogens with zero attached hydrogens (tertiary/aromatic N) is 3. The summed E-state index contributed by atoms with van der Waals surface area (Å²) in [4.78, 5) is 34.5. The maximum absolute atomic E-state index is 13.6. The van der Waals surface area contributed by atoms with Crippen molar-refractivity contribution in [3.63, 3.8) is 0 Å². The van der Waals surface area contributed by atoms with E-state index in [4.69, 9.17) is 5.73 Å². The Morgan fingerprint density at radius 1 is 1.13 bits per heavy atom. The van der Waals surface area contributed by atoms with Gasteiger partial charge in [-0.15, -0.1) is 0 Å². The molecule has 0 aliphatic carbocycles. The maximum Gasteiger partial charge on any atom is 0.241 e. The number of carbonyl (C=O) groups excluding carboxylic acids is 2. The van der Waals surface area contributed by atoms with E-state index >= 15 is 0 Å². The van der Waals surface area contributed by atoms with Crippen molar-refractivity contribution < 1.29 is 9.59 Å². The molecule has 1 atom stereocenters. The summed E-state index contributed by atoms with van der Waals surface area (Å²) in [6.45, 7) is 7.58. The Balaban J connectivity index is 1.61. The highest BCUT2D eigenvalue weighted by Crippen LogP contribution is 2.39. The molecule has 0 radical (unpaired) electrons. The molecule has 6 nitrogen and oxygen atoms in total. The fourth-order valence-corrected chi connectivity index (χ4v) is 5.16. The van der Waals surface area contributed by atoms with Crippen LogP contribution < -0.4 is 10.6 Å². The van der Waals surface area contributed by atoms with E-state index in [1.165, 1.54) is 5.57 Å². The first-order chi connectivity index (χ1) is 14.7. The Labute approximate surface area is 183 Å². The van der Waals surface area contributed by atoms with Gasteiger partial charge in [-0.2, -0.15) is 0 Å². The number of pyridine rings is 1. The molecule has 162 valence electrons. The summed E-state index contributed by atoms with van der Waals surface area (Å²) in [5.74, 6) is -0.368. The van der Waals surface area contributed by atoms with Crippen molar-refractivity contribution in [2.75, 3.05) is 24.5 Å². The van der Waals surface area contributed by atoms with Crippen molar-refractivity contribution in [1.29, 1.82) is 0 Å². The van der Waals surface area contributed by atoms with Crippen molar-refractivity contribution in [2.45, 2.75) is 44.6 Å². The van der Waals surface area contributed by atoms with Gasteiger partial charge in [-0.25, -0.2) is 0 Å². The molecule has 2 aliphatic heterocycles. The lowest BCUT2D eigenvalue weighted by atomic mass is 9.76. The Morgan fingerprint density at radius 3 is 2.58 bits per heavy atom. The highest BCUT2D eigenvalue weighted by atomic mass is 16.2. The molecule has 1 saturated heterocycles. The van der Waals surface area contributed by atoms with E-state index in [9.17, 15) is 9.59 Å². The van der Waals surface area contributed by atoms with Gasteiger partial charge in [0.15, 0.2) is 0 Å². The monoisotopic (exact) mass is 418 g/mol. The largest absolute Gasteiger partial charge is 0.369 e. The zero-order chi connectivity index (χ0) is 22.2. The lowest BCUT2D eigenvalue weighted by molar-refractivity contribution is -0.128. The number of primary amides is 1. The molecule has 0 bridgehead atoms.